The zero-order chi connectivity index (χ0) is 14.8. The number of hydrogen-bond acceptors (Lipinski definition) is 5. The highest BCUT2D eigenvalue weighted by atomic mass is 32.2. The lowest BCUT2D eigenvalue weighted by Gasteiger charge is -2.02. The van der Waals surface area contributed by atoms with Crippen LogP contribution in [0.5, 0.6) is 0 Å². The molecule has 1 aromatic carbocycles. The molecule has 0 radical (unpaired) electrons. The van der Waals surface area contributed by atoms with Gasteiger partial charge in [0.2, 0.25) is 0 Å². The van der Waals surface area contributed by atoms with Crippen molar-refractivity contribution in [2.75, 3.05) is 6.26 Å². The zero-order valence-electron chi connectivity index (χ0n) is 10.7. The van der Waals surface area contributed by atoms with Crippen molar-refractivity contribution in [1.29, 1.82) is 0 Å². The van der Waals surface area contributed by atoms with Gasteiger partial charge in [-0.25, -0.2) is 17.9 Å². The summed E-state index contributed by atoms with van der Waals surface area (Å²) in [5.74, 6) is -1.16. The molecule has 0 unspecified atom stereocenters. The van der Waals surface area contributed by atoms with Gasteiger partial charge < -0.3 is 5.11 Å². The Balaban J connectivity index is 2.14. The summed E-state index contributed by atoms with van der Waals surface area (Å²) in [5.41, 5.74) is 1.31. The van der Waals surface area contributed by atoms with Crippen LogP contribution in [0.4, 0.5) is 0 Å². The molecule has 1 aromatic heterocycles. The van der Waals surface area contributed by atoms with E-state index in [0.717, 1.165) is 11.8 Å². The van der Waals surface area contributed by atoms with Crippen LogP contribution in [0.15, 0.2) is 30.5 Å². The lowest BCUT2D eigenvalue weighted by molar-refractivity contribution is 0.0696. The van der Waals surface area contributed by atoms with E-state index in [-0.39, 0.29) is 11.3 Å². The van der Waals surface area contributed by atoms with E-state index >= 15 is 0 Å². The number of sulfone groups is 1. The van der Waals surface area contributed by atoms with Crippen LogP contribution in [0.2, 0.25) is 0 Å². The molecule has 0 aliphatic rings. The fourth-order valence-electron chi connectivity index (χ4n) is 1.74. The third kappa shape index (κ3) is 3.89. The van der Waals surface area contributed by atoms with Gasteiger partial charge in [-0.3, -0.25) is 0 Å². The molecule has 0 saturated carbocycles. The molecule has 0 amide bonds. The number of carbonyl (C=O) groups is 1. The minimum absolute atomic E-state index is 0.165. The number of benzene rings is 1. The predicted molar refractivity (Wildman–Crippen MR) is 71.1 cm³/mol. The van der Waals surface area contributed by atoms with Gasteiger partial charge in [-0.2, -0.15) is 0 Å². The number of aromatic carboxylic acids is 1. The van der Waals surface area contributed by atoms with Crippen molar-refractivity contribution in [3.8, 4) is 0 Å². The summed E-state index contributed by atoms with van der Waals surface area (Å²) in [6, 6.07) is 6.46. The number of nitrogens with zero attached hydrogens (tertiary/aromatic N) is 3. The first kappa shape index (κ1) is 14.2. The molecule has 1 N–H and O–H groups in total. The Labute approximate surface area is 115 Å². The third-order valence-corrected chi connectivity index (χ3v) is 3.33. The van der Waals surface area contributed by atoms with E-state index in [1.165, 1.54) is 16.9 Å². The standard InChI is InChI=1S/C12H13N3O4S/c1-20(18,19)8-11-7-15(14-13-11)6-9-3-2-4-10(5-9)12(16)17/h2-5,7H,6,8H2,1H3,(H,16,17). The average Bonchev–Trinajstić information content (AvgIpc) is 2.74. The van der Waals surface area contributed by atoms with Gasteiger partial charge in [-0.15, -0.1) is 5.10 Å². The molecular weight excluding hydrogens is 282 g/mol. The first-order chi connectivity index (χ1) is 9.33. The Bertz CT molecular complexity index is 737. The second-order valence-electron chi connectivity index (χ2n) is 4.48. The Hall–Kier alpha value is -2.22. The third-order valence-electron chi connectivity index (χ3n) is 2.51. The van der Waals surface area contributed by atoms with E-state index in [2.05, 4.69) is 10.3 Å². The van der Waals surface area contributed by atoms with Gasteiger partial charge in [-0.05, 0) is 17.7 Å². The SMILES string of the molecule is CS(=O)(=O)Cc1cn(Cc2cccc(C(=O)O)c2)nn1. The summed E-state index contributed by atoms with van der Waals surface area (Å²) in [6.45, 7) is 0.331. The highest BCUT2D eigenvalue weighted by Crippen LogP contribution is 2.08. The number of rotatable bonds is 5. The quantitative estimate of drug-likeness (QED) is 0.865. The molecule has 0 atom stereocenters. The highest BCUT2D eigenvalue weighted by molar-refractivity contribution is 7.89. The topological polar surface area (TPSA) is 102 Å². The Morgan fingerprint density at radius 2 is 2.15 bits per heavy atom. The van der Waals surface area contributed by atoms with Gasteiger partial charge in [0.05, 0.1) is 23.6 Å². The normalized spacial score (nSPS) is 11.4. The molecule has 0 spiro atoms. The van der Waals surface area contributed by atoms with Gasteiger partial charge in [0.25, 0.3) is 0 Å². The van der Waals surface area contributed by atoms with Crippen LogP contribution in [0.1, 0.15) is 21.6 Å². The van der Waals surface area contributed by atoms with Crippen molar-refractivity contribution in [1.82, 2.24) is 15.0 Å². The second kappa shape index (κ2) is 5.41. The van der Waals surface area contributed by atoms with Crippen molar-refractivity contribution in [2.45, 2.75) is 12.3 Å². The monoisotopic (exact) mass is 295 g/mol. The summed E-state index contributed by atoms with van der Waals surface area (Å²) >= 11 is 0. The summed E-state index contributed by atoms with van der Waals surface area (Å²) < 4.78 is 23.8. The molecule has 0 aliphatic heterocycles. The molecule has 7 nitrogen and oxygen atoms in total. The number of carboxylic acids is 1. The zero-order valence-corrected chi connectivity index (χ0v) is 11.5. The molecule has 2 rings (SSSR count). The summed E-state index contributed by atoms with van der Waals surface area (Å²) in [6.07, 6.45) is 2.66. The van der Waals surface area contributed by atoms with Crippen LogP contribution < -0.4 is 0 Å². The fraction of sp³-hybridized carbons (Fsp3) is 0.250. The van der Waals surface area contributed by atoms with Crippen LogP contribution in [-0.4, -0.2) is 40.7 Å². The number of carboxylic acid groups (broad SMARTS) is 1. The summed E-state index contributed by atoms with van der Waals surface area (Å²) in [5, 5.41) is 16.5. The minimum atomic E-state index is -3.15. The van der Waals surface area contributed by atoms with E-state index in [0.29, 0.717) is 12.2 Å². The molecule has 0 fully saturated rings. The molecular formula is C12H13N3O4S. The smallest absolute Gasteiger partial charge is 0.335 e. The van der Waals surface area contributed by atoms with Crippen LogP contribution in [0, 0.1) is 0 Å². The first-order valence-electron chi connectivity index (χ1n) is 5.72. The van der Waals surface area contributed by atoms with Crippen molar-refractivity contribution in [3.05, 3.63) is 47.3 Å². The van der Waals surface area contributed by atoms with Gasteiger partial charge in [0.1, 0.15) is 0 Å². The van der Waals surface area contributed by atoms with Crippen molar-refractivity contribution in [2.24, 2.45) is 0 Å². The van der Waals surface area contributed by atoms with Gasteiger partial charge in [-0.1, -0.05) is 17.3 Å². The molecule has 2 aromatic rings. The highest BCUT2D eigenvalue weighted by Gasteiger charge is 2.09. The van der Waals surface area contributed by atoms with Gasteiger partial charge >= 0.3 is 5.97 Å². The second-order valence-corrected chi connectivity index (χ2v) is 6.62. The first-order valence-corrected chi connectivity index (χ1v) is 7.78. The lowest BCUT2D eigenvalue weighted by Crippen LogP contribution is -2.03. The van der Waals surface area contributed by atoms with Crippen LogP contribution in [-0.2, 0) is 22.1 Å². The molecule has 106 valence electrons. The molecule has 1 heterocycles. The minimum Gasteiger partial charge on any atom is -0.478 e. The van der Waals surface area contributed by atoms with Crippen LogP contribution in [0.25, 0.3) is 0 Å². The Morgan fingerprint density at radius 3 is 2.80 bits per heavy atom. The maximum absolute atomic E-state index is 11.1. The molecule has 0 saturated heterocycles. The number of aromatic nitrogens is 3. The van der Waals surface area contributed by atoms with E-state index in [4.69, 9.17) is 5.11 Å². The largest absolute Gasteiger partial charge is 0.478 e. The van der Waals surface area contributed by atoms with E-state index in [1.807, 2.05) is 0 Å². The fourth-order valence-corrected chi connectivity index (χ4v) is 2.41. The van der Waals surface area contributed by atoms with E-state index in [1.54, 1.807) is 18.2 Å². The van der Waals surface area contributed by atoms with Crippen LogP contribution >= 0.6 is 0 Å². The van der Waals surface area contributed by atoms with Crippen molar-refractivity contribution < 1.29 is 18.3 Å². The summed E-state index contributed by atoms with van der Waals surface area (Å²) in [4.78, 5) is 10.9. The Kier molecular flexibility index (Phi) is 3.84. The molecule has 0 bridgehead atoms. The lowest BCUT2D eigenvalue weighted by atomic mass is 10.1. The molecule has 0 aliphatic carbocycles. The molecule has 20 heavy (non-hydrogen) atoms. The Morgan fingerprint density at radius 1 is 1.40 bits per heavy atom. The van der Waals surface area contributed by atoms with Gasteiger partial charge in [0, 0.05) is 12.5 Å². The number of hydrogen-bond donors (Lipinski definition) is 1. The maximum Gasteiger partial charge on any atom is 0.335 e. The van der Waals surface area contributed by atoms with Gasteiger partial charge in [0.15, 0.2) is 9.84 Å². The summed E-state index contributed by atoms with van der Waals surface area (Å²) in [7, 11) is -3.15. The average molecular weight is 295 g/mol. The molecule has 8 heteroatoms. The maximum atomic E-state index is 11.1. The van der Waals surface area contributed by atoms with Crippen LogP contribution in [0.3, 0.4) is 0 Å². The van der Waals surface area contributed by atoms with E-state index in [9.17, 15) is 13.2 Å². The predicted octanol–water partition coefficient (Wildman–Crippen LogP) is 0.569. The van der Waals surface area contributed by atoms with Crippen molar-refractivity contribution >= 4 is 15.8 Å². The van der Waals surface area contributed by atoms with E-state index < -0.39 is 15.8 Å². The van der Waals surface area contributed by atoms with Crippen molar-refractivity contribution in [3.63, 3.8) is 0 Å².